The van der Waals surface area contributed by atoms with Crippen LogP contribution < -0.4 is 14.4 Å². The lowest BCUT2D eigenvalue weighted by Gasteiger charge is -2.20. The van der Waals surface area contributed by atoms with Gasteiger partial charge in [-0.15, -0.1) is 0 Å². The van der Waals surface area contributed by atoms with Gasteiger partial charge in [0, 0.05) is 24.7 Å². The van der Waals surface area contributed by atoms with Crippen molar-refractivity contribution in [2.75, 3.05) is 53.4 Å². The summed E-state index contributed by atoms with van der Waals surface area (Å²) in [6, 6.07) is 15.8. The van der Waals surface area contributed by atoms with Crippen LogP contribution in [0.2, 0.25) is 0 Å². The second-order valence-corrected chi connectivity index (χ2v) is 8.22. The third-order valence-corrected chi connectivity index (χ3v) is 5.66. The summed E-state index contributed by atoms with van der Waals surface area (Å²) in [5.74, 6) is 3.20. The number of anilines is 1. The summed E-state index contributed by atoms with van der Waals surface area (Å²) in [6.07, 6.45) is 2.59. The lowest BCUT2D eigenvalue weighted by molar-refractivity contribution is 0.401. The van der Waals surface area contributed by atoms with Crippen LogP contribution in [-0.2, 0) is 0 Å². The molecule has 4 rings (SSSR count). The molecule has 2 aromatic heterocycles. The highest BCUT2D eigenvalue weighted by atomic mass is 16.5. The molecule has 4 aromatic rings. The molecule has 33 heavy (non-hydrogen) atoms. The number of methoxy groups -OCH3 is 2. The molecule has 2 aromatic carbocycles. The van der Waals surface area contributed by atoms with E-state index in [1.54, 1.807) is 20.5 Å². The zero-order valence-corrected chi connectivity index (χ0v) is 19.8. The summed E-state index contributed by atoms with van der Waals surface area (Å²) in [4.78, 5) is 13.5. The minimum Gasteiger partial charge on any atom is -0.497 e. The number of benzene rings is 2. The van der Waals surface area contributed by atoms with E-state index < -0.39 is 0 Å². The number of ether oxygens (including phenoxy) is 2. The van der Waals surface area contributed by atoms with E-state index in [-0.39, 0.29) is 0 Å². The highest BCUT2D eigenvalue weighted by Gasteiger charge is 2.23. The number of aromatic nitrogens is 2. The lowest BCUT2D eigenvalue weighted by Crippen LogP contribution is -2.24. The Kier molecular flexibility index (Phi) is 6.79. The molecule has 0 aliphatic rings. The fraction of sp³-hybridized carbons (Fsp3) is 0.308. The van der Waals surface area contributed by atoms with Crippen LogP contribution >= 0.6 is 0 Å². The van der Waals surface area contributed by atoms with E-state index in [9.17, 15) is 0 Å². The molecule has 0 amide bonds. The SMILES string of the molecule is COc1ccc(-c2oc3ncnc(N(C)CCCN(C)C)c3c2-c2ccc(OC)cc2)cc1. The molecule has 0 N–H and O–H groups in total. The van der Waals surface area contributed by atoms with Crippen LogP contribution in [0.5, 0.6) is 11.5 Å². The zero-order valence-electron chi connectivity index (χ0n) is 19.8. The summed E-state index contributed by atoms with van der Waals surface area (Å²) in [5.41, 5.74) is 3.49. The van der Waals surface area contributed by atoms with Crippen LogP contribution in [-0.4, -0.2) is 63.3 Å². The van der Waals surface area contributed by atoms with Crippen molar-refractivity contribution >= 4 is 16.9 Å². The number of fused-ring (bicyclic) bond motifs is 1. The molecule has 0 bridgehead atoms. The van der Waals surface area contributed by atoms with Crippen LogP contribution in [0.25, 0.3) is 33.6 Å². The van der Waals surface area contributed by atoms with Gasteiger partial charge in [0.1, 0.15) is 29.4 Å². The van der Waals surface area contributed by atoms with E-state index in [1.165, 1.54) is 0 Å². The summed E-state index contributed by atoms with van der Waals surface area (Å²) in [5, 5.41) is 0.904. The van der Waals surface area contributed by atoms with Gasteiger partial charge in [0.25, 0.3) is 0 Å². The molecule has 0 unspecified atom stereocenters. The maximum atomic E-state index is 6.35. The highest BCUT2D eigenvalue weighted by molar-refractivity contribution is 6.06. The van der Waals surface area contributed by atoms with Crippen molar-refractivity contribution in [3.63, 3.8) is 0 Å². The molecule has 172 valence electrons. The van der Waals surface area contributed by atoms with Crippen molar-refractivity contribution in [3.05, 3.63) is 54.9 Å². The van der Waals surface area contributed by atoms with Gasteiger partial charge < -0.3 is 23.7 Å². The Hall–Kier alpha value is -3.58. The fourth-order valence-electron chi connectivity index (χ4n) is 3.92. The average Bonchev–Trinajstić information content (AvgIpc) is 3.23. The summed E-state index contributed by atoms with van der Waals surface area (Å²) in [6.45, 7) is 1.88. The normalized spacial score (nSPS) is 11.2. The molecule has 2 heterocycles. The average molecular weight is 447 g/mol. The monoisotopic (exact) mass is 446 g/mol. The highest BCUT2D eigenvalue weighted by Crippen LogP contribution is 2.43. The number of hydrogen-bond acceptors (Lipinski definition) is 7. The molecule has 0 saturated heterocycles. The maximum Gasteiger partial charge on any atom is 0.232 e. The Bertz CT molecular complexity index is 1200. The number of rotatable bonds is 9. The number of nitrogens with zero attached hydrogens (tertiary/aromatic N) is 4. The quantitative estimate of drug-likeness (QED) is 0.360. The number of furan rings is 1. The van der Waals surface area contributed by atoms with Crippen LogP contribution in [0, 0.1) is 0 Å². The molecule has 0 aliphatic carbocycles. The Morgan fingerprint density at radius 1 is 0.788 bits per heavy atom. The van der Waals surface area contributed by atoms with Gasteiger partial charge in [-0.3, -0.25) is 0 Å². The fourth-order valence-corrected chi connectivity index (χ4v) is 3.92. The Balaban J connectivity index is 1.87. The van der Waals surface area contributed by atoms with Gasteiger partial charge in [-0.2, -0.15) is 0 Å². The van der Waals surface area contributed by atoms with Crippen molar-refractivity contribution in [1.29, 1.82) is 0 Å². The predicted octanol–water partition coefficient (Wildman–Crippen LogP) is 4.96. The van der Waals surface area contributed by atoms with Crippen LogP contribution in [0.4, 0.5) is 5.82 Å². The van der Waals surface area contributed by atoms with E-state index >= 15 is 0 Å². The zero-order chi connectivity index (χ0) is 23.4. The second kappa shape index (κ2) is 9.92. The van der Waals surface area contributed by atoms with Crippen LogP contribution in [0.15, 0.2) is 59.3 Å². The smallest absolute Gasteiger partial charge is 0.232 e. The molecule has 0 atom stereocenters. The van der Waals surface area contributed by atoms with Gasteiger partial charge in [0.05, 0.1) is 19.6 Å². The van der Waals surface area contributed by atoms with Gasteiger partial charge in [0.2, 0.25) is 5.71 Å². The van der Waals surface area contributed by atoms with Gasteiger partial charge in [-0.05, 0) is 69.0 Å². The maximum absolute atomic E-state index is 6.35. The first kappa shape index (κ1) is 22.6. The summed E-state index contributed by atoms with van der Waals surface area (Å²) in [7, 11) is 9.56. The van der Waals surface area contributed by atoms with E-state index in [0.29, 0.717) is 5.71 Å². The van der Waals surface area contributed by atoms with Crippen LogP contribution in [0.1, 0.15) is 6.42 Å². The molecule has 0 aliphatic heterocycles. The molecule has 0 fully saturated rings. The topological polar surface area (TPSA) is 63.9 Å². The number of hydrogen-bond donors (Lipinski definition) is 0. The van der Waals surface area contributed by atoms with Crippen LogP contribution in [0.3, 0.4) is 0 Å². The summed E-state index contributed by atoms with van der Waals surface area (Å²) < 4.78 is 17.0. The molecular weight excluding hydrogens is 416 g/mol. The van der Waals surface area contributed by atoms with Gasteiger partial charge in [0.15, 0.2) is 0 Å². The van der Waals surface area contributed by atoms with E-state index in [1.807, 2.05) is 48.5 Å². The van der Waals surface area contributed by atoms with Gasteiger partial charge in [-0.25, -0.2) is 9.97 Å². The summed E-state index contributed by atoms with van der Waals surface area (Å²) >= 11 is 0. The standard InChI is InChI=1S/C26H30N4O3/c1-29(2)15-6-16-30(3)25-23-22(18-7-11-20(31-4)12-8-18)24(33-26(23)28-17-27-25)19-9-13-21(32-5)14-10-19/h7-14,17H,6,15-16H2,1-5H3. The van der Waals surface area contributed by atoms with E-state index in [2.05, 4.69) is 40.9 Å². The van der Waals surface area contributed by atoms with E-state index in [0.717, 1.165) is 64.7 Å². The van der Waals surface area contributed by atoms with E-state index in [4.69, 9.17) is 13.9 Å². The van der Waals surface area contributed by atoms with Gasteiger partial charge >= 0.3 is 0 Å². The first-order valence-corrected chi connectivity index (χ1v) is 10.9. The minimum atomic E-state index is 0.566. The molecule has 7 nitrogen and oxygen atoms in total. The van der Waals surface area contributed by atoms with Gasteiger partial charge in [-0.1, -0.05) is 12.1 Å². The Labute approximate surface area is 194 Å². The van der Waals surface area contributed by atoms with Crippen molar-refractivity contribution in [2.24, 2.45) is 0 Å². The van der Waals surface area contributed by atoms with Crippen molar-refractivity contribution in [2.45, 2.75) is 6.42 Å². The molecule has 0 radical (unpaired) electrons. The first-order chi connectivity index (χ1) is 16.0. The van der Waals surface area contributed by atoms with Crippen molar-refractivity contribution < 1.29 is 13.9 Å². The largest absolute Gasteiger partial charge is 0.497 e. The lowest BCUT2D eigenvalue weighted by atomic mass is 9.99. The minimum absolute atomic E-state index is 0.566. The van der Waals surface area contributed by atoms with Crippen molar-refractivity contribution in [1.82, 2.24) is 14.9 Å². The third-order valence-electron chi connectivity index (χ3n) is 5.66. The Morgan fingerprint density at radius 3 is 1.97 bits per heavy atom. The van der Waals surface area contributed by atoms with Crippen molar-refractivity contribution in [3.8, 4) is 33.9 Å². The predicted molar refractivity (Wildman–Crippen MR) is 132 cm³/mol. The molecule has 0 saturated carbocycles. The molecule has 0 spiro atoms. The second-order valence-electron chi connectivity index (χ2n) is 8.22. The molecule has 7 heteroatoms. The Morgan fingerprint density at radius 2 is 1.39 bits per heavy atom. The third kappa shape index (κ3) is 4.78. The molecular formula is C26H30N4O3. The first-order valence-electron chi connectivity index (χ1n) is 10.9.